The predicted molar refractivity (Wildman–Crippen MR) is 44.1 cm³/mol. The van der Waals surface area contributed by atoms with Crippen LogP contribution in [0.1, 0.15) is 5.69 Å². The normalized spacial score (nSPS) is 9.25. The molecule has 12 heavy (non-hydrogen) atoms. The Labute approximate surface area is 71.5 Å². The van der Waals surface area contributed by atoms with Crippen molar-refractivity contribution in [2.45, 2.75) is 6.92 Å². The monoisotopic (exact) mass is 166 g/mol. The summed E-state index contributed by atoms with van der Waals surface area (Å²) < 4.78 is 9.69. The Morgan fingerprint density at radius 3 is 2.92 bits per heavy atom. The lowest BCUT2D eigenvalue weighted by Gasteiger charge is -2.06. The zero-order valence-electron chi connectivity index (χ0n) is 6.94. The molecule has 1 N–H and O–H groups in total. The third-order valence-corrected chi connectivity index (χ3v) is 1.43. The highest BCUT2D eigenvalue weighted by Crippen LogP contribution is 2.20. The van der Waals surface area contributed by atoms with Gasteiger partial charge in [0.15, 0.2) is 0 Å². The quantitative estimate of drug-likeness (QED) is 0.656. The van der Waals surface area contributed by atoms with Crippen molar-refractivity contribution in [2.75, 3.05) is 7.11 Å². The number of nitrogens with zero attached hydrogens (tertiary/aromatic N) is 1. The summed E-state index contributed by atoms with van der Waals surface area (Å²) in [7, 11) is 2.16. The van der Waals surface area contributed by atoms with Crippen molar-refractivity contribution in [3.05, 3.63) is 18.0 Å². The van der Waals surface area contributed by atoms with Gasteiger partial charge in [0.1, 0.15) is 11.5 Å². The van der Waals surface area contributed by atoms with Gasteiger partial charge in [0, 0.05) is 6.07 Å². The van der Waals surface area contributed by atoms with Gasteiger partial charge in [-0.2, -0.15) is 0 Å². The zero-order valence-corrected chi connectivity index (χ0v) is 6.94. The van der Waals surface area contributed by atoms with Gasteiger partial charge in [-0.15, -0.1) is 0 Å². The van der Waals surface area contributed by atoms with Gasteiger partial charge in [-0.25, -0.2) is 0 Å². The van der Waals surface area contributed by atoms with Gasteiger partial charge in [-0.1, -0.05) is 0 Å². The molecule has 5 heteroatoms. The van der Waals surface area contributed by atoms with E-state index in [0.29, 0.717) is 24.9 Å². The largest absolute Gasteiger partial charge is 0.569 e. The molecule has 1 heterocycles. The van der Waals surface area contributed by atoms with Gasteiger partial charge >= 0.3 is 7.69 Å². The van der Waals surface area contributed by atoms with Crippen LogP contribution in [0.2, 0.25) is 0 Å². The first kappa shape index (κ1) is 8.87. The average molecular weight is 166 g/mol. The third-order valence-electron chi connectivity index (χ3n) is 1.43. The number of aryl methyl sites for hydroxylation is 1. The Morgan fingerprint density at radius 1 is 1.58 bits per heavy atom. The second-order valence-electron chi connectivity index (χ2n) is 2.18. The molecule has 63 valence electrons. The highest BCUT2D eigenvalue weighted by Gasteiger charge is 2.02. The summed E-state index contributed by atoms with van der Waals surface area (Å²) in [6, 6.07) is 1.65. The lowest BCUT2D eigenvalue weighted by molar-refractivity contribution is 0.405. The lowest BCUT2D eigenvalue weighted by Crippen LogP contribution is -2.02. The van der Waals surface area contributed by atoms with E-state index in [9.17, 15) is 0 Å². The van der Waals surface area contributed by atoms with Crippen LogP contribution in [0, 0.1) is 6.92 Å². The smallest absolute Gasteiger partial charge is 0.536 e. The minimum Gasteiger partial charge on any atom is -0.536 e. The minimum atomic E-state index is 0.483. The van der Waals surface area contributed by atoms with Gasteiger partial charge in [0.05, 0.1) is 19.0 Å². The summed E-state index contributed by atoms with van der Waals surface area (Å²) >= 11 is 0. The highest BCUT2D eigenvalue weighted by molar-refractivity contribution is 6.17. The predicted octanol–water partition coefficient (Wildman–Crippen LogP) is 0.304. The molecule has 0 aliphatic carbocycles. The van der Waals surface area contributed by atoms with Crippen molar-refractivity contribution in [2.24, 2.45) is 0 Å². The number of pyridine rings is 1. The number of methoxy groups -OCH3 is 1. The molecule has 0 atom stereocenters. The maximum absolute atomic E-state index is 8.39. The van der Waals surface area contributed by atoms with Gasteiger partial charge in [-0.3, -0.25) is 4.98 Å². The van der Waals surface area contributed by atoms with E-state index in [1.807, 2.05) is 0 Å². The van der Waals surface area contributed by atoms with Gasteiger partial charge in [0.2, 0.25) is 0 Å². The van der Waals surface area contributed by atoms with Crippen LogP contribution in [0.5, 0.6) is 11.5 Å². The van der Waals surface area contributed by atoms with Crippen LogP contribution in [0.4, 0.5) is 0 Å². The minimum absolute atomic E-state index is 0.483. The SMILES string of the molecule is COc1cnc(C)c(O[B]O)c1. The first-order chi connectivity index (χ1) is 5.77. The molecule has 0 unspecified atom stereocenters. The van der Waals surface area contributed by atoms with Crippen molar-refractivity contribution >= 4 is 7.69 Å². The topological polar surface area (TPSA) is 51.6 Å². The van der Waals surface area contributed by atoms with Gasteiger partial charge in [0.25, 0.3) is 0 Å². The van der Waals surface area contributed by atoms with E-state index in [1.165, 1.54) is 0 Å². The second kappa shape index (κ2) is 3.97. The Hall–Kier alpha value is -1.23. The van der Waals surface area contributed by atoms with Crippen LogP contribution in [-0.2, 0) is 0 Å². The Kier molecular flexibility index (Phi) is 2.93. The molecule has 1 aromatic heterocycles. The Bertz CT molecular complexity index is 267. The number of rotatable bonds is 3. The molecule has 0 aliphatic heterocycles. The molecule has 0 saturated carbocycles. The molecule has 1 aromatic rings. The van der Waals surface area contributed by atoms with Gasteiger partial charge in [-0.05, 0) is 6.92 Å². The summed E-state index contributed by atoms with van der Waals surface area (Å²) in [6.07, 6.45) is 1.58. The summed E-state index contributed by atoms with van der Waals surface area (Å²) in [5.74, 6) is 1.08. The molecule has 0 bridgehead atoms. The van der Waals surface area contributed by atoms with E-state index < -0.39 is 0 Å². The standard InChI is InChI=1S/C7H9BNO3/c1-5-7(12-8-10)3-6(11-2)4-9-5/h3-4,10H,1-2H3. The van der Waals surface area contributed by atoms with E-state index in [1.54, 1.807) is 26.3 Å². The van der Waals surface area contributed by atoms with E-state index in [4.69, 9.17) is 14.4 Å². The zero-order chi connectivity index (χ0) is 8.97. The summed E-state index contributed by atoms with van der Waals surface area (Å²) in [4.78, 5) is 3.99. The summed E-state index contributed by atoms with van der Waals surface area (Å²) in [5, 5.41) is 8.39. The van der Waals surface area contributed by atoms with Gasteiger partial charge < -0.3 is 14.4 Å². The highest BCUT2D eigenvalue weighted by atomic mass is 16.5. The molecule has 4 nitrogen and oxygen atoms in total. The number of hydrogen-bond acceptors (Lipinski definition) is 4. The lowest BCUT2D eigenvalue weighted by atomic mass is 10.3. The first-order valence-electron chi connectivity index (χ1n) is 3.41. The molecule has 0 aliphatic rings. The summed E-state index contributed by atoms with van der Waals surface area (Å²) in [5.41, 5.74) is 0.695. The maximum atomic E-state index is 8.39. The third kappa shape index (κ3) is 1.89. The van der Waals surface area contributed by atoms with Crippen LogP contribution < -0.4 is 9.39 Å². The Morgan fingerprint density at radius 2 is 2.33 bits per heavy atom. The summed E-state index contributed by atoms with van der Waals surface area (Å²) in [6.45, 7) is 1.78. The molecule has 0 amide bonds. The van der Waals surface area contributed by atoms with E-state index in [0.717, 1.165) is 0 Å². The van der Waals surface area contributed by atoms with E-state index in [2.05, 4.69) is 4.98 Å². The maximum Gasteiger partial charge on any atom is 0.569 e. The van der Waals surface area contributed by atoms with Crippen LogP contribution in [0.3, 0.4) is 0 Å². The molecule has 0 saturated heterocycles. The fraction of sp³-hybridized carbons (Fsp3) is 0.286. The van der Waals surface area contributed by atoms with Crippen molar-refractivity contribution in [3.8, 4) is 11.5 Å². The van der Waals surface area contributed by atoms with Crippen LogP contribution in [-0.4, -0.2) is 24.8 Å². The first-order valence-corrected chi connectivity index (χ1v) is 3.41. The second-order valence-corrected chi connectivity index (χ2v) is 2.18. The molecule has 0 fully saturated rings. The van der Waals surface area contributed by atoms with Crippen molar-refractivity contribution in [1.82, 2.24) is 4.98 Å². The van der Waals surface area contributed by atoms with Crippen molar-refractivity contribution in [3.63, 3.8) is 0 Å². The van der Waals surface area contributed by atoms with Crippen molar-refractivity contribution < 1.29 is 14.4 Å². The number of hydrogen-bond donors (Lipinski definition) is 1. The number of aromatic nitrogens is 1. The Balaban J connectivity index is 2.91. The number of ether oxygens (including phenoxy) is 1. The van der Waals surface area contributed by atoms with E-state index in [-0.39, 0.29) is 0 Å². The van der Waals surface area contributed by atoms with Crippen LogP contribution >= 0.6 is 0 Å². The molecular weight excluding hydrogens is 157 g/mol. The van der Waals surface area contributed by atoms with Crippen LogP contribution in [0.25, 0.3) is 0 Å². The molecule has 1 radical (unpaired) electrons. The average Bonchev–Trinajstić information content (AvgIpc) is 2.09. The molecular formula is C7H9BNO3. The molecule has 0 aromatic carbocycles. The molecule has 0 spiro atoms. The van der Waals surface area contributed by atoms with E-state index >= 15 is 0 Å². The van der Waals surface area contributed by atoms with Crippen molar-refractivity contribution in [1.29, 1.82) is 0 Å². The fourth-order valence-electron chi connectivity index (χ4n) is 0.783. The molecule has 1 rings (SSSR count). The van der Waals surface area contributed by atoms with Crippen LogP contribution in [0.15, 0.2) is 12.3 Å². The fourth-order valence-corrected chi connectivity index (χ4v) is 0.783.